The minimum Gasteiger partial charge on any atom is -0.255 e. The minimum atomic E-state index is 0.904. The van der Waals surface area contributed by atoms with Gasteiger partial charge < -0.3 is 0 Å². The standard InChI is InChI=1S/C12H9N3/c1-3-7-13-11(6-1)12-9-10-5-2-4-8-15(10)14-12/h1-9H. The molecule has 0 spiro atoms. The predicted octanol–water partition coefficient (Wildman–Crippen LogP) is 2.40. The maximum atomic E-state index is 4.44. The lowest BCUT2D eigenvalue weighted by atomic mass is 10.2. The first-order valence-corrected chi connectivity index (χ1v) is 4.79. The van der Waals surface area contributed by atoms with E-state index in [-0.39, 0.29) is 0 Å². The van der Waals surface area contributed by atoms with Crippen molar-refractivity contribution in [2.45, 2.75) is 0 Å². The first kappa shape index (κ1) is 8.17. The SMILES string of the molecule is c1ccc(-c2cc3ccccn3n2)nc1. The molecule has 15 heavy (non-hydrogen) atoms. The molecule has 0 radical (unpaired) electrons. The molecule has 3 aromatic heterocycles. The molecule has 3 heteroatoms. The van der Waals surface area contributed by atoms with Crippen LogP contribution in [0.1, 0.15) is 0 Å². The highest BCUT2D eigenvalue weighted by molar-refractivity contribution is 5.62. The Morgan fingerprint density at radius 1 is 0.933 bits per heavy atom. The third-order valence-corrected chi connectivity index (χ3v) is 2.30. The van der Waals surface area contributed by atoms with Gasteiger partial charge in [-0.25, -0.2) is 4.52 Å². The molecule has 3 aromatic rings. The van der Waals surface area contributed by atoms with E-state index in [4.69, 9.17) is 0 Å². The van der Waals surface area contributed by atoms with E-state index in [0.717, 1.165) is 16.9 Å². The van der Waals surface area contributed by atoms with Crippen molar-refractivity contribution in [2.75, 3.05) is 0 Å². The summed E-state index contributed by atoms with van der Waals surface area (Å²) in [5, 5.41) is 4.44. The Bertz CT molecular complexity index is 551. The Labute approximate surface area is 87.0 Å². The summed E-state index contributed by atoms with van der Waals surface area (Å²) in [4.78, 5) is 4.27. The molecule has 0 amide bonds. The van der Waals surface area contributed by atoms with Crippen molar-refractivity contribution < 1.29 is 0 Å². The molecule has 3 rings (SSSR count). The van der Waals surface area contributed by atoms with Crippen molar-refractivity contribution in [1.82, 2.24) is 14.6 Å². The third-order valence-electron chi connectivity index (χ3n) is 2.30. The van der Waals surface area contributed by atoms with Crippen molar-refractivity contribution in [3.05, 3.63) is 54.9 Å². The summed E-state index contributed by atoms with van der Waals surface area (Å²) in [5.74, 6) is 0. The smallest absolute Gasteiger partial charge is 0.112 e. The summed E-state index contributed by atoms with van der Waals surface area (Å²) in [6, 6.07) is 13.8. The Balaban J connectivity index is 2.21. The predicted molar refractivity (Wildman–Crippen MR) is 58.4 cm³/mol. The number of nitrogens with zero attached hydrogens (tertiary/aromatic N) is 3. The van der Waals surface area contributed by atoms with Crippen LogP contribution in [0.2, 0.25) is 0 Å². The van der Waals surface area contributed by atoms with Gasteiger partial charge in [0.1, 0.15) is 5.69 Å². The molecule has 3 heterocycles. The molecule has 0 atom stereocenters. The van der Waals surface area contributed by atoms with Crippen LogP contribution in [0, 0.1) is 0 Å². The molecule has 0 aromatic carbocycles. The molecule has 0 aliphatic heterocycles. The van der Waals surface area contributed by atoms with Gasteiger partial charge in [-0.2, -0.15) is 5.10 Å². The molecular weight excluding hydrogens is 186 g/mol. The monoisotopic (exact) mass is 195 g/mol. The van der Waals surface area contributed by atoms with Gasteiger partial charge in [0.2, 0.25) is 0 Å². The lowest BCUT2D eigenvalue weighted by Crippen LogP contribution is -1.86. The van der Waals surface area contributed by atoms with E-state index in [2.05, 4.69) is 10.1 Å². The van der Waals surface area contributed by atoms with Crippen LogP contribution in [0.4, 0.5) is 0 Å². The second-order valence-electron chi connectivity index (χ2n) is 3.31. The molecule has 0 unspecified atom stereocenters. The largest absolute Gasteiger partial charge is 0.255 e. The Kier molecular flexibility index (Phi) is 1.75. The normalized spacial score (nSPS) is 10.7. The molecule has 0 N–H and O–H groups in total. The zero-order valence-corrected chi connectivity index (χ0v) is 8.04. The molecule has 3 nitrogen and oxygen atoms in total. The van der Waals surface area contributed by atoms with Crippen LogP contribution in [0.15, 0.2) is 54.9 Å². The van der Waals surface area contributed by atoms with Gasteiger partial charge in [0.25, 0.3) is 0 Å². The van der Waals surface area contributed by atoms with E-state index >= 15 is 0 Å². The zero-order chi connectivity index (χ0) is 10.1. The number of hydrogen-bond donors (Lipinski definition) is 0. The molecule has 0 bridgehead atoms. The molecule has 0 aliphatic rings. The zero-order valence-electron chi connectivity index (χ0n) is 8.04. The lowest BCUT2D eigenvalue weighted by molar-refractivity contribution is 0.962. The summed E-state index contributed by atoms with van der Waals surface area (Å²) in [6.07, 6.45) is 3.71. The van der Waals surface area contributed by atoms with Gasteiger partial charge in [0.05, 0.1) is 11.2 Å². The topological polar surface area (TPSA) is 30.2 Å². The van der Waals surface area contributed by atoms with E-state index in [9.17, 15) is 0 Å². The second kappa shape index (κ2) is 3.20. The van der Waals surface area contributed by atoms with Crippen LogP contribution in [-0.2, 0) is 0 Å². The van der Waals surface area contributed by atoms with E-state index in [0.29, 0.717) is 0 Å². The quantitative estimate of drug-likeness (QED) is 0.596. The first-order valence-electron chi connectivity index (χ1n) is 4.79. The minimum absolute atomic E-state index is 0.904. The van der Waals surface area contributed by atoms with Crippen LogP contribution >= 0.6 is 0 Å². The first-order chi connectivity index (χ1) is 7.43. The van der Waals surface area contributed by atoms with Crippen LogP contribution < -0.4 is 0 Å². The number of pyridine rings is 2. The Morgan fingerprint density at radius 3 is 2.67 bits per heavy atom. The van der Waals surface area contributed by atoms with Crippen molar-refractivity contribution in [3.8, 4) is 11.4 Å². The number of rotatable bonds is 1. The molecule has 0 aliphatic carbocycles. The van der Waals surface area contributed by atoms with Gasteiger partial charge in [0.15, 0.2) is 0 Å². The average molecular weight is 195 g/mol. The summed E-state index contributed by atoms with van der Waals surface area (Å²) in [5.41, 5.74) is 2.89. The summed E-state index contributed by atoms with van der Waals surface area (Å²) < 4.78 is 1.85. The van der Waals surface area contributed by atoms with Crippen LogP contribution in [0.3, 0.4) is 0 Å². The average Bonchev–Trinajstić information content (AvgIpc) is 2.74. The summed E-state index contributed by atoms with van der Waals surface area (Å²) >= 11 is 0. The van der Waals surface area contributed by atoms with E-state index in [1.165, 1.54) is 0 Å². The second-order valence-corrected chi connectivity index (χ2v) is 3.31. The number of hydrogen-bond acceptors (Lipinski definition) is 2. The van der Waals surface area contributed by atoms with Gasteiger partial charge in [-0.05, 0) is 30.3 Å². The summed E-state index contributed by atoms with van der Waals surface area (Å²) in [7, 11) is 0. The lowest BCUT2D eigenvalue weighted by Gasteiger charge is -1.91. The molecule has 0 saturated heterocycles. The van der Waals surface area contributed by atoms with Crippen molar-refractivity contribution in [3.63, 3.8) is 0 Å². The Hall–Kier alpha value is -2.16. The maximum absolute atomic E-state index is 4.44. The highest BCUT2D eigenvalue weighted by atomic mass is 15.2. The van der Waals surface area contributed by atoms with Crippen LogP contribution in [-0.4, -0.2) is 14.6 Å². The molecule has 0 fully saturated rings. The fraction of sp³-hybridized carbons (Fsp3) is 0. The van der Waals surface area contributed by atoms with Gasteiger partial charge in [-0.1, -0.05) is 12.1 Å². The number of aromatic nitrogens is 3. The highest BCUT2D eigenvalue weighted by Crippen LogP contribution is 2.16. The fourth-order valence-electron chi connectivity index (χ4n) is 1.58. The van der Waals surface area contributed by atoms with E-state index in [1.54, 1.807) is 6.20 Å². The number of fused-ring (bicyclic) bond motifs is 1. The van der Waals surface area contributed by atoms with Gasteiger partial charge in [-0.3, -0.25) is 4.98 Å². The van der Waals surface area contributed by atoms with Gasteiger partial charge in [0, 0.05) is 12.4 Å². The summed E-state index contributed by atoms with van der Waals surface area (Å²) in [6.45, 7) is 0. The molecule has 0 saturated carbocycles. The Morgan fingerprint density at radius 2 is 1.87 bits per heavy atom. The van der Waals surface area contributed by atoms with Crippen molar-refractivity contribution in [2.24, 2.45) is 0 Å². The fourth-order valence-corrected chi connectivity index (χ4v) is 1.58. The molecular formula is C12H9N3. The van der Waals surface area contributed by atoms with E-state index < -0.39 is 0 Å². The van der Waals surface area contributed by atoms with E-state index in [1.807, 2.05) is 53.2 Å². The van der Waals surface area contributed by atoms with Crippen LogP contribution in [0.25, 0.3) is 16.9 Å². The van der Waals surface area contributed by atoms with Crippen molar-refractivity contribution in [1.29, 1.82) is 0 Å². The maximum Gasteiger partial charge on any atom is 0.112 e. The van der Waals surface area contributed by atoms with Gasteiger partial charge in [-0.15, -0.1) is 0 Å². The molecule has 72 valence electrons. The van der Waals surface area contributed by atoms with Crippen molar-refractivity contribution >= 4 is 5.52 Å². The van der Waals surface area contributed by atoms with Crippen LogP contribution in [0.5, 0.6) is 0 Å². The third kappa shape index (κ3) is 1.38. The highest BCUT2D eigenvalue weighted by Gasteiger charge is 2.03. The van der Waals surface area contributed by atoms with Gasteiger partial charge >= 0.3 is 0 Å².